The van der Waals surface area contributed by atoms with Crippen molar-refractivity contribution >= 4 is 28.9 Å². The van der Waals surface area contributed by atoms with Gasteiger partial charge in [-0.15, -0.1) is 5.10 Å². The standard InChI is InChI=1S/C23H19FN6O2/c24-19-7-14(9-25)1-2-15(19)4-6-22(31)29-10-17-12-30(13-18(17)11-29)23(32)16-3-5-20-21(8-16)27-28-26-20/h1-8,17-18H,10-13H2,(H,26,27,28)/b6-4+. The number of aromatic nitrogens is 3. The number of benzene rings is 2. The number of aromatic amines is 1. The van der Waals surface area contributed by atoms with Crippen molar-refractivity contribution in [1.82, 2.24) is 25.2 Å². The van der Waals surface area contributed by atoms with Crippen LogP contribution < -0.4 is 0 Å². The van der Waals surface area contributed by atoms with E-state index in [-0.39, 0.29) is 34.8 Å². The number of likely N-dealkylation sites (tertiary alicyclic amines) is 2. The van der Waals surface area contributed by atoms with Crippen molar-refractivity contribution in [3.63, 3.8) is 0 Å². The average Bonchev–Trinajstić information content (AvgIpc) is 3.51. The second kappa shape index (κ2) is 7.89. The Bertz CT molecular complexity index is 1280. The molecule has 1 aromatic heterocycles. The summed E-state index contributed by atoms with van der Waals surface area (Å²) < 4.78 is 14.0. The summed E-state index contributed by atoms with van der Waals surface area (Å²) in [6.45, 7) is 2.32. The Labute approximate surface area is 182 Å². The van der Waals surface area contributed by atoms with Crippen LogP contribution in [-0.4, -0.2) is 63.2 Å². The zero-order chi connectivity index (χ0) is 22.2. The van der Waals surface area contributed by atoms with Gasteiger partial charge in [-0.25, -0.2) is 4.39 Å². The third-order valence-electron chi connectivity index (χ3n) is 6.19. The Morgan fingerprint density at radius 1 is 1.09 bits per heavy atom. The van der Waals surface area contributed by atoms with Gasteiger partial charge in [0.2, 0.25) is 5.91 Å². The van der Waals surface area contributed by atoms with Crippen molar-refractivity contribution in [2.75, 3.05) is 26.2 Å². The molecular formula is C23H19FN6O2. The Morgan fingerprint density at radius 3 is 2.56 bits per heavy atom. The zero-order valence-electron chi connectivity index (χ0n) is 17.0. The van der Waals surface area contributed by atoms with E-state index in [2.05, 4.69) is 15.4 Å². The van der Waals surface area contributed by atoms with Crippen molar-refractivity contribution in [3.8, 4) is 6.07 Å². The lowest BCUT2D eigenvalue weighted by Gasteiger charge is -2.21. The van der Waals surface area contributed by atoms with Crippen LogP contribution in [0.3, 0.4) is 0 Å². The van der Waals surface area contributed by atoms with Gasteiger partial charge in [0.1, 0.15) is 11.3 Å². The summed E-state index contributed by atoms with van der Waals surface area (Å²) in [4.78, 5) is 29.1. The highest BCUT2D eigenvalue weighted by molar-refractivity contribution is 5.97. The quantitative estimate of drug-likeness (QED) is 0.642. The third kappa shape index (κ3) is 3.60. The van der Waals surface area contributed by atoms with Crippen LogP contribution in [0.25, 0.3) is 17.1 Å². The number of hydrogen-bond acceptors (Lipinski definition) is 5. The number of hydrogen-bond donors (Lipinski definition) is 1. The largest absolute Gasteiger partial charge is 0.338 e. The highest BCUT2D eigenvalue weighted by Gasteiger charge is 2.42. The summed E-state index contributed by atoms with van der Waals surface area (Å²) >= 11 is 0. The molecule has 8 nitrogen and oxygen atoms in total. The maximum absolute atomic E-state index is 14.0. The monoisotopic (exact) mass is 430 g/mol. The van der Waals surface area contributed by atoms with Gasteiger partial charge in [-0.05, 0) is 36.4 Å². The molecule has 2 unspecified atom stereocenters. The Morgan fingerprint density at radius 2 is 1.84 bits per heavy atom. The number of nitrogens with zero attached hydrogens (tertiary/aromatic N) is 5. The van der Waals surface area contributed by atoms with Gasteiger partial charge in [-0.3, -0.25) is 14.7 Å². The summed E-state index contributed by atoms with van der Waals surface area (Å²) in [6.07, 6.45) is 2.80. The van der Waals surface area contributed by atoms with Crippen LogP contribution in [0.15, 0.2) is 42.5 Å². The molecule has 2 aromatic carbocycles. The predicted octanol–water partition coefficient (Wildman–Crippen LogP) is 2.21. The molecular weight excluding hydrogens is 411 g/mol. The van der Waals surface area contributed by atoms with Gasteiger partial charge >= 0.3 is 0 Å². The van der Waals surface area contributed by atoms with Crippen LogP contribution in [-0.2, 0) is 4.79 Å². The fraction of sp³-hybridized carbons (Fsp3) is 0.261. The lowest BCUT2D eigenvalue weighted by atomic mass is 10.0. The van der Waals surface area contributed by atoms with E-state index in [4.69, 9.17) is 5.26 Å². The van der Waals surface area contributed by atoms with Crippen LogP contribution in [0.4, 0.5) is 4.39 Å². The van der Waals surface area contributed by atoms with Crippen LogP contribution >= 0.6 is 0 Å². The highest BCUT2D eigenvalue weighted by atomic mass is 19.1. The molecule has 32 heavy (non-hydrogen) atoms. The molecule has 2 aliphatic heterocycles. The van der Waals surface area contributed by atoms with Crippen molar-refractivity contribution in [1.29, 1.82) is 5.26 Å². The smallest absolute Gasteiger partial charge is 0.253 e. The van der Waals surface area contributed by atoms with E-state index < -0.39 is 5.82 Å². The van der Waals surface area contributed by atoms with Crippen LogP contribution in [0.5, 0.6) is 0 Å². The molecule has 9 heteroatoms. The number of carbonyl (C=O) groups is 2. The molecule has 3 heterocycles. The highest BCUT2D eigenvalue weighted by Crippen LogP contribution is 2.32. The number of rotatable bonds is 3. The fourth-order valence-corrected chi connectivity index (χ4v) is 4.49. The van der Waals surface area contributed by atoms with Gasteiger partial charge in [0.25, 0.3) is 5.91 Å². The summed E-state index contributed by atoms with van der Waals surface area (Å²) in [5, 5.41) is 19.3. The molecule has 5 rings (SSSR count). The maximum atomic E-state index is 14.0. The van der Waals surface area contributed by atoms with E-state index in [1.165, 1.54) is 24.3 Å². The van der Waals surface area contributed by atoms with Crippen molar-refractivity contribution in [2.24, 2.45) is 11.8 Å². The summed E-state index contributed by atoms with van der Waals surface area (Å²) in [7, 11) is 0. The molecule has 2 saturated heterocycles. The summed E-state index contributed by atoms with van der Waals surface area (Å²) in [5.41, 5.74) is 2.50. The summed E-state index contributed by atoms with van der Waals surface area (Å²) in [5.74, 6) is -0.322. The van der Waals surface area contributed by atoms with E-state index in [1.807, 2.05) is 11.0 Å². The van der Waals surface area contributed by atoms with Gasteiger partial charge in [0.15, 0.2) is 0 Å². The first-order chi connectivity index (χ1) is 15.5. The normalized spacial score (nSPS) is 20.1. The second-order valence-electron chi connectivity index (χ2n) is 8.20. The first-order valence-corrected chi connectivity index (χ1v) is 10.3. The third-order valence-corrected chi connectivity index (χ3v) is 6.19. The van der Waals surface area contributed by atoms with Crippen molar-refractivity contribution < 1.29 is 14.0 Å². The molecule has 2 aliphatic rings. The van der Waals surface area contributed by atoms with Gasteiger partial charge < -0.3 is 9.80 Å². The van der Waals surface area contributed by atoms with E-state index in [0.717, 1.165) is 11.6 Å². The molecule has 0 spiro atoms. The first kappa shape index (κ1) is 19.9. The second-order valence-corrected chi connectivity index (χ2v) is 8.20. The molecule has 160 valence electrons. The Kier molecular flexibility index (Phi) is 4.90. The lowest BCUT2D eigenvalue weighted by Crippen LogP contribution is -2.35. The van der Waals surface area contributed by atoms with Crippen LogP contribution in [0.2, 0.25) is 0 Å². The topological polar surface area (TPSA) is 106 Å². The molecule has 2 amide bonds. The Balaban J connectivity index is 1.20. The number of amides is 2. The maximum Gasteiger partial charge on any atom is 0.253 e. The molecule has 0 bridgehead atoms. The number of nitriles is 1. The fourth-order valence-electron chi connectivity index (χ4n) is 4.49. The molecule has 1 N–H and O–H groups in total. The lowest BCUT2D eigenvalue weighted by molar-refractivity contribution is -0.125. The number of nitrogens with one attached hydrogen (secondary N) is 1. The average molecular weight is 430 g/mol. The molecule has 3 aromatic rings. The van der Waals surface area contributed by atoms with E-state index in [1.54, 1.807) is 23.1 Å². The van der Waals surface area contributed by atoms with E-state index in [9.17, 15) is 14.0 Å². The zero-order valence-corrected chi connectivity index (χ0v) is 17.0. The SMILES string of the molecule is N#Cc1ccc(/C=C/C(=O)N2CC3CN(C(=O)c4ccc5[nH]nnc5c4)CC3C2)c(F)c1. The molecule has 2 atom stereocenters. The minimum Gasteiger partial charge on any atom is -0.338 e. The number of fused-ring (bicyclic) bond motifs is 2. The van der Waals surface area contributed by atoms with Gasteiger partial charge in [-0.2, -0.15) is 5.26 Å². The molecule has 0 saturated carbocycles. The first-order valence-electron chi connectivity index (χ1n) is 10.3. The van der Waals surface area contributed by atoms with E-state index >= 15 is 0 Å². The molecule has 2 fully saturated rings. The van der Waals surface area contributed by atoms with Gasteiger partial charge in [0.05, 0.1) is 17.1 Å². The van der Waals surface area contributed by atoms with Gasteiger partial charge in [-0.1, -0.05) is 11.3 Å². The minimum absolute atomic E-state index is 0.0432. The minimum atomic E-state index is -0.538. The molecule has 0 radical (unpaired) electrons. The van der Waals surface area contributed by atoms with Crippen LogP contribution in [0, 0.1) is 29.0 Å². The number of carbonyl (C=O) groups excluding carboxylic acids is 2. The summed E-state index contributed by atoms with van der Waals surface area (Å²) in [6, 6.07) is 11.3. The van der Waals surface area contributed by atoms with E-state index in [0.29, 0.717) is 37.3 Å². The number of H-pyrrole nitrogens is 1. The Hall–Kier alpha value is -4.06. The molecule has 0 aliphatic carbocycles. The van der Waals surface area contributed by atoms with Crippen molar-refractivity contribution in [3.05, 3.63) is 65.0 Å². The number of halogens is 1. The van der Waals surface area contributed by atoms with Crippen molar-refractivity contribution in [2.45, 2.75) is 0 Å². The van der Waals surface area contributed by atoms with Crippen LogP contribution in [0.1, 0.15) is 21.5 Å². The van der Waals surface area contributed by atoms with Gasteiger partial charge in [0, 0.05) is 55.2 Å². The predicted molar refractivity (Wildman–Crippen MR) is 114 cm³/mol.